The van der Waals surface area contributed by atoms with Gasteiger partial charge in [-0.05, 0) is 37.6 Å². The molecular formula is C25H20N2. The molecule has 0 radical (unpaired) electrons. The first-order chi connectivity index (χ1) is 13.2. The lowest BCUT2D eigenvalue weighted by atomic mass is 9.92. The van der Waals surface area contributed by atoms with E-state index < -0.39 is 0 Å². The number of nitrogens with one attached hydrogen (secondary N) is 1. The van der Waals surface area contributed by atoms with Gasteiger partial charge in [0, 0.05) is 38.1 Å². The Morgan fingerprint density at radius 1 is 0.778 bits per heavy atom. The van der Waals surface area contributed by atoms with Crippen molar-refractivity contribution in [2.24, 2.45) is 0 Å². The zero-order valence-corrected chi connectivity index (χ0v) is 15.2. The van der Waals surface area contributed by atoms with Gasteiger partial charge >= 0.3 is 0 Å². The fraction of sp³-hybridized carbons (Fsp3) is 0.120. The Morgan fingerprint density at radius 2 is 1.59 bits per heavy atom. The summed E-state index contributed by atoms with van der Waals surface area (Å²) < 4.78 is 2.52. The third-order valence-corrected chi connectivity index (χ3v) is 6.04. The second-order valence-corrected chi connectivity index (χ2v) is 7.79. The molecule has 0 bridgehead atoms. The Hall–Kier alpha value is -3.26. The Kier molecular flexibility index (Phi) is 2.83. The number of para-hydroxylation sites is 2. The standard InChI is InChI=1S/C25H20N2/c1-25(13-7-2-8-14-25)27-23-12-6-4-10-18(23)20-15-19-17-9-3-5-11-21(17)26-22(19)16-24(20)27/h2-13,15-16,26H,14H2,1H3. The summed E-state index contributed by atoms with van der Waals surface area (Å²) in [4.78, 5) is 3.61. The summed E-state index contributed by atoms with van der Waals surface area (Å²) >= 11 is 0. The number of H-pyrrole nitrogens is 1. The number of benzene rings is 3. The molecule has 1 aliphatic carbocycles. The van der Waals surface area contributed by atoms with Crippen molar-refractivity contribution in [2.45, 2.75) is 18.9 Å². The lowest BCUT2D eigenvalue weighted by Gasteiger charge is -2.31. The van der Waals surface area contributed by atoms with Gasteiger partial charge in [0.15, 0.2) is 0 Å². The van der Waals surface area contributed by atoms with Crippen LogP contribution in [0.2, 0.25) is 0 Å². The summed E-state index contributed by atoms with van der Waals surface area (Å²) in [5.41, 5.74) is 4.93. The van der Waals surface area contributed by atoms with Crippen molar-refractivity contribution in [2.75, 3.05) is 0 Å². The van der Waals surface area contributed by atoms with Crippen LogP contribution < -0.4 is 0 Å². The van der Waals surface area contributed by atoms with E-state index in [1.54, 1.807) is 0 Å². The molecule has 1 aliphatic rings. The van der Waals surface area contributed by atoms with Gasteiger partial charge in [0.05, 0.1) is 11.1 Å². The third-order valence-electron chi connectivity index (χ3n) is 6.04. The van der Waals surface area contributed by atoms with Gasteiger partial charge < -0.3 is 9.55 Å². The number of hydrogen-bond acceptors (Lipinski definition) is 0. The summed E-state index contributed by atoms with van der Waals surface area (Å²) in [6, 6.07) is 22.1. The van der Waals surface area contributed by atoms with E-state index in [0.717, 1.165) is 6.42 Å². The van der Waals surface area contributed by atoms with Crippen LogP contribution in [0.3, 0.4) is 0 Å². The summed E-state index contributed by atoms with van der Waals surface area (Å²) in [7, 11) is 0. The van der Waals surface area contributed by atoms with Crippen LogP contribution >= 0.6 is 0 Å². The second-order valence-electron chi connectivity index (χ2n) is 7.79. The van der Waals surface area contributed by atoms with E-state index in [1.807, 2.05) is 0 Å². The number of aromatic nitrogens is 2. The van der Waals surface area contributed by atoms with Crippen LogP contribution in [0.5, 0.6) is 0 Å². The fourth-order valence-electron chi connectivity index (χ4n) is 4.75. The molecule has 0 fully saturated rings. The topological polar surface area (TPSA) is 20.7 Å². The van der Waals surface area contributed by atoms with Crippen LogP contribution in [-0.4, -0.2) is 9.55 Å². The molecule has 1 atom stereocenters. The van der Waals surface area contributed by atoms with Crippen molar-refractivity contribution in [1.29, 1.82) is 0 Å². The first kappa shape index (κ1) is 14.9. The minimum absolute atomic E-state index is 0.0597. The number of hydrogen-bond donors (Lipinski definition) is 1. The maximum atomic E-state index is 3.61. The molecule has 2 aromatic heterocycles. The Bertz CT molecular complexity index is 1410. The predicted molar refractivity (Wildman–Crippen MR) is 115 cm³/mol. The molecule has 2 nitrogen and oxygen atoms in total. The van der Waals surface area contributed by atoms with Gasteiger partial charge in [0.2, 0.25) is 0 Å². The highest BCUT2D eigenvalue weighted by molar-refractivity contribution is 6.17. The zero-order valence-electron chi connectivity index (χ0n) is 15.2. The zero-order chi connectivity index (χ0) is 18.0. The van der Waals surface area contributed by atoms with Gasteiger partial charge in [-0.2, -0.15) is 0 Å². The summed E-state index contributed by atoms with van der Waals surface area (Å²) in [6.45, 7) is 2.33. The van der Waals surface area contributed by atoms with Crippen LogP contribution in [0.1, 0.15) is 13.3 Å². The molecule has 0 amide bonds. The Balaban J connectivity index is 1.81. The highest BCUT2D eigenvalue weighted by Crippen LogP contribution is 2.40. The quantitative estimate of drug-likeness (QED) is 0.350. The first-order valence-electron chi connectivity index (χ1n) is 9.53. The SMILES string of the molecule is CC1(n2c3ccccc3c3cc4c(cc32)[nH]c2ccccc24)C=CC=CC1. The molecule has 0 aliphatic heterocycles. The van der Waals surface area contributed by atoms with Crippen molar-refractivity contribution >= 4 is 43.6 Å². The molecule has 0 spiro atoms. The molecule has 0 saturated carbocycles. The van der Waals surface area contributed by atoms with Crippen LogP contribution in [0.15, 0.2) is 85.0 Å². The van der Waals surface area contributed by atoms with Crippen LogP contribution in [0.4, 0.5) is 0 Å². The van der Waals surface area contributed by atoms with Crippen LogP contribution in [0, 0.1) is 0 Å². The smallest absolute Gasteiger partial charge is 0.0643 e. The highest BCUT2D eigenvalue weighted by atomic mass is 15.1. The maximum absolute atomic E-state index is 3.61. The normalized spacial score (nSPS) is 19.7. The van der Waals surface area contributed by atoms with E-state index in [9.17, 15) is 0 Å². The van der Waals surface area contributed by atoms with Crippen molar-refractivity contribution in [3.8, 4) is 0 Å². The van der Waals surface area contributed by atoms with Crippen LogP contribution in [0.25, 0.3) is 43.6 Å². The molecular weight excluding hydrogens is 328 g/mol. The maximum Gasteiger partial charge on any atom is 0.0643 e. The van der Waals surface area contributed by atoms with Crippen molar-refractivity contribution in [3.05, 3.63) is 85.0 Å². The Labute approximate surface area is 157 Å². The Morgan fingerprint density at radius 3 is 2.44 bits per heavy atom. The van der Waals surface area contributed by atoms with Crippen molar-refractivity contribution in [1.82, 2.24) is 9.55 Å². The molecule has 27 heavy (non-hydrogen) atoms. The van der Waals surface area contributed by atoms with E-state index in [4.69, 9.17) is 0 Å². The molecule has 2 heterocycles. The van der Waals surface area contributed by atoms with Crippen LogP contribution in [-0.2, 0) is 5.54 Å². The fourth-order valence-corrected chi connectivity index (χ4v) is 4.75. The molecule has 5 aromatic rings. The molecule has 0 saturated heterocycles. The summed E-state index contributed by atoms with van der Waals surface area (Å²) in [5, 5.41) is 5.24. The second kappa shape index (κ2) is 5.14. The predicted octanol–water partition coefficient (Wildman–Crippen LogP) is 6.66. The van der Waals surface area contributed by atoms with E-state index in [0.29, 0.717) is 0 Å². The average molecular weight is 348 g/mol. The van der Waals surface area contributed by atoms with Crippen molar-refractivity contribution in [3.63, 3.8) is 0 Å². The van der Waals surface area contributed by atoms with E-state index in [1.165, 1.54) is 43.6 Å². The lowest BCUT2D eigenvalue weighted by Crippen LogP contribution is -2.27. The molecule has 6 rings (SSSR count). The van der Waals surface area contributed by atoms with E-state index in [-0.39, 0.29) is 5.54 Å². The van der Waals surface area contributed by atoms with Gasteiger partial charge in [-0.25, -0.2) is 0 Å². The number of fused-ring (bicyclic) bond motifs is 6. The first-order valence-corrected chi connectivity index (χ1v) is 9.53. The third kappa shape index (κ3) is 1.95. The highest BCUT2D eigenvalue weighted by Gasteiger charge is 2.27. The van der Waals surface area contributed by atoms with Gasteiger partial charge in [-0.3, -0.25) is 0 Å². The number of allylic oxidation sites excluding steroid dienone is 4. The monoisotopic (exact) mass is 348 g/mol. The molecule has 130 valence electrons. The molecule has 3 aromatic carbocycles. The van der Waals surface area contributed by atoms with Gasteiger partial charge in [-0.15, -0.1) is 0 Å². The minimum atomic E-state index is -0.0597. The van der Waals surface area contributed by atoms with E-state index >= 15 is 0 Å². The minimum Gasteiger partial charge on any atom is -0.354 e. The summed E-state index contributed by atoms with van der Waals surface area (Å²) in [6.07, 6.45) is 9.91. The molecule has 1 N–H and O–H groups in total. The average Bonchev–Trinajstić information content (AvgIpc) is 3.22. The number of aromatic amines is 1. The van der Waals surface area contributed by atoms with Crippen molar-refractivity contribution < 1.29 is 0 Å². The van der Waals surface area contributed by atoms with Gasteiger partial charge in [0.25, 0.3) is 0 Å². The van der Waals surface area contributed by atoms with Gasteiger partial charge in [-0.1, -0.05) is 60.7 Å². The number of rotatable bonds is 1. The molecule has 2 heteroatoms. The lowest BCUT2D eigenvalue weighted by molar-refractivity contribution is 0.438. The summed E-state index contributed by atoms with van der Waals surface area (Å²) in [5.74, 6) is 0. The van der Waals surface area contributed by atoms with Gasteiger partial charge in [0.1, 0.15) is 0 Å². The van der Waals surface area contributed by atoms with E-state index in [2.05, 4.69) is 101 Å². The number of nitrogens with zero attached hydrogens (tertiary/aromatic N) is 1. The largest absolute Gasteiger partial charge is 0.354 e. The molecule has 1 unspecified atom stereocenters.